The summed E-state index contributed by atoms with van der Waals surface area (Å²) in [4.78, 5) is 10.8. The molecule has 3 heteroatoms. The Morgan fingerprint density at radius 3 is 2.47 bits per heavy atom. The van der Waals surface area contributed by atoms with Crippen LogP contribution in [-0.4, -0.2) is 11.1 Å². The van der Waals surface area contributed by atoms with Crippen LogP contribution in [0.15, 0.2) is 24.3 Å². The van der Waals surface area contributed by atoms with Crippen LogP contribution < -0.4 is 0 Å². The van der Waals surface area contributed by atoms with Crippen molar-refractivity contribution in [3.63, 3.8) is 0 Å². The molecule has 2 atom stereocenters. The summed E-state index contributed by atoms with van der Waals surface area (Å²) >= 11 is 5.78. The van der Waals surface area contributed by atoms with Gasteiger partial charge in [0.2, 0.25) is 0 Å². The Hall–Kier alpha value is -1.02. The highest BCUT2D eigenvalue weighted by Crippen LogP contribution is 2.36. The molecular formula is C12H13ClO2. The summed E-state index contributed by atoms with van der Waals surface area (Å²) in [6.07, 6.45) is 2.71. The number of carboxylic acid groups (broad SMARTS) is 1. The van der Waals surface area contributed by atoms with E-state index < -0.39 is 5.97 Å². The molecule has 1 aliphatic carbocycles. The van der Waals surface area contributed by atoms with E-state index in [4.69, 9.17) is 16.7 Å². The summed E-state index contributed by atoms with van der Waals surface area (Å²) < 4.78 is 0. The van der Waals surface area contributed by atoms with Gasteiger partial charge in [0.05, 0.1) is 5.92 Å². The first-order valence-corrected chi connectivity index (χ1v) is 5.52. The fraction of sp³-hybridized carbons (Fsp3) is 0.417. The summed E-state index contributed by atoms with van der Waals surface area (Å²) in [5.74, 6) is -0.482. The van der Waals surface area contributed by atoms with Gasteiger partial charge in [-0.25, -0.2) is 0 Å². The second-order valence-electron chi connectivity index (χ2n) is 4.11. The third kappa shape index (κ3) is 2.32. The molecule has 0 spiro atoms. The van der Waals surface area contributed by atoms with E-state index in [1.54, 1.807) is 0 Å². The topological polar surface area (TPSA) is 37.3 Å². The van der Waals surface area contributed by atoms with Gasteiger partial charge in [0, 0.05) is 5.02 Å². The Bertz CT molecular complexity index is 358. The van der Waals surface area contributed by atoms with Crippen LogP contribution in [0, 0.1) is 11.8 Å². The molecule has 1 aromatic carbocycles. The van der Waals surface area contributed by atoms with Gasteiger partial charge in [-0.05, 0) is 42.9 Å². The van der Waals surface area contributed by atoms with Gasteiger partial charge in [-0.1, -0.05) is 23.7 Å². The number of aliphatic carboxylic acids is 1. The van der Waals surface area contributed by atoms with E-state index in [0.717, 1.165) is 24.3 Å². The summed E-state index contributed by atoms with van der Waals surface area (Å²) in [5.41, 5.74) is 1.18. The van der Waals surface area contributed by atoms with Gasteiger partial charge >= 0.3 is 5.97 Å². The van der Waals surface area contributed by atoms with Crippen LogP contribution in [0.4, 0.5) is 0 Å². The molecule has 1 aliphatic rings. The lowest BCUT2D eigenvalue weighted by Crippen LogP contribution is -2.34. The maximum absolute atomic E-state index is 10.8. The highest BCUT2D eigenvalue weighted by atomic mass is 35.5. The molecular weight excluding hydrogens is 212 g/mol. The molecule has 15 heavy (non-hydrogen) atoms. The Kier molecular flexibility index (Phi) is 2.96. The molecule has 1 N–H and O–H groups in total. The van der Waals surface area contributed by atoms with Crippen LogP contribution >= 0.6 is 11.6 Å². The van der Waals surface area contributed by atoms with E-state index >= 15 is 0 Å². The first-order valence-electron chi connectivity index (χ1n) is 5.14. The number of benzene rings is 1. The molecule has 2 rings (SSSR count). The number of rotatable bonds is 3. The molecule has 0 amide bonds. The lowest BCUT2D eigenvalue weighted by atomic mass is 9.71. The number of halogens is 1. The number of carboxylic acids is 1. The predicted molar refractivity (Wildman–Crippen MR) is 59.0 cm³/mol. The second-order valence-corrected chi connectivity index (χ2v) is 4.55. The zero-order valence-corrected chi connectivity index (χ0v) is 9.07. The van der Waals surface area contributed by atoms with Gasteiger partial charge in [-0.15, -0.1) is 0 Å². The van der Waals surface area contributed by atoms with Crippen molar-refractivity contribution < 1.29 is 9.90 Å². The first-order chi connectivity index (χ1) is 7.16. The molecule has 1 saturated carbocycles. The SMILES string of the molecule is O=C(O)C1CCC1Cc1ccc(Cl)cc1. The maximum Gasteiger partial charge on any atom is 0.306 e. The fourth-order valence-electron chi connectivity index (χ4n) is 2.06. The molecule has 0 heterocycles. The monoisotopic (exact) mass is 224 g/mol. The van der Waals surface area contributed by atoms with E-state index in [9.17, 15) is 4.79 Å². The highest BCUT2D eigenvalue weighted by Gasteiger charge is 2.36. The molecule has 2 unspecified atom stereocenters. The lowest BCUT2D eigenvalue weighted by molar-refractivity contribution is -0.147. The quantitative estimate of drug-likeness (QED) is 0.857. The van der Waals surface area contributed by atoms with Crippen molar-refractivity contribution in [3.05, 3.63) is 34.9 Å². The minimum atomic E-state index is -0.653. The van der Waals surface area contributed by atoms with E-state index in [0.29, 0.717) is 5.92 Å². The predicted octanol–water partition coefficient (Wildman–Crippen LogP) is 2.99. The van der Waals surface area contributed by atoms with Crippen LogP contribution in [0.5, 0.6) is 0 Å². The van der Waals surface area contributed by atoms with Crippen LogP contribution in [0.3, 0.4) is 0 Å². The van der Waals surface area contributed by atoms with E-state index in [2.05, 4.69) is 0 Å². The molecule has 1 aromatic rings. The van der Waals surface area contributed by atoms with Crippen LogP contribution in [0.2, 0.25) is 5.02 Å². The Balaban J connectivity index is 1.97. The first kappa shape index (κ1) is 10.5. The fourth-order valence-corrected chi connectivity index (χ4v) is 2.19. The molecule has 2 nitrogen and oxygen atoms in total. The zero-order valence-electron chi connectivity index (χ0n) is 8.32. The standard InChI is InChI=1S/C12H13ClO2/c13-10-4-1-8(2-5-10)7-9-3-6-11(9)12(14)15/h1-2,4-5,9,11H,3,6-7H2,(H,14,15). The average molecular weight is 225 g/mol. The minimum absolute atomic E-state index is 0.138. The van der Waals surface area contributed by atoms with Gasteiger partial charge in [0.25, 0.3) is 0 Å². The van der Waals surface area contributed by atoms with Gasteiger partial charge in [0.15, 0.2) is 0 Å². The third-order valence-electron chi connectivity index (χ3n) is 3.15. The normalized spacial score (nSPS) is 24.6. The van der Waals surface area contributed by atoms with Gasteiger partial charge in [-0.3, -0.25) is 4.79 Å². The third-order valence-corrected chi connectivity index (χ3v) is 3.40. The smallest absolute Gasteiger partial charge is 0.306 e. The molecule has 0 aliphatic heterocycles. The van der Waals surface area contributed by atoms with E-state index in [1.165, 1.54) is 5.56 Å². The zero-order chi connectivity index (χ0) is 10.8. The average Bonchev–Trinajstić information content (AvgIpc) is 2.14. The van der Waals surface area contributed by atoms with Crippen molar-refractivity contribution >= 4 is 17.6 Å². The molecule has 1 fully saturated rings. The summed E-state index contributed by atoms with van der Waals surface area (Å²) in [7, 11) is 0. The van der Waals surface area contributed by atoms with Gasteiger partial charge in [-0.2, -0.15) is 0 Å². The number of hydrogen-bond acceptors (Lipinski definition) is 1. The summed E-state index contributed by atoms with van der Waals surface area (Å²) in [6, 6.07) is 7.65. The van der Waals surface area contributed by atoms with Crippen molar-refractivity contribution in [2.45, 2.75) is 19.3 Å². The van der Waals surface area contributed by atoms with Crippen molar-refractivity contribution in [2.75, 3.05) is 0 Å². The molecule has 0 bridgehead atoms. The molecule has 80 valence electrons. The van der Waals surface area contributed by atoms with Crippen molar-refractivity contribution in [3.8, 4) is 0 Å². The highest BCUT2D eigenvalue weighted by molar-refractivity contribution is 6.30. The number of carbonyl (C=O) groups is 1. The van der Waals surface area contributed by atoms with E-state index in [1.807, 2.05) is 24.3 Å². The Morgan fingerprint density at radius 1 is 1.33 bits per heavy atom. The maximum atomic E-state index is 10.8. The van der Waals surface area contributed by atoms with Gasteiger partial charge < -0.3 is 5.11 Å². The lowest BCUT2D eigenvalue weighted by Gasteiger charge is -2.33. The van der Waals surface area contributed by atoms with Crippen LogP contribution in [0.1, 0.15) is 18.4 Å². The van der Waals surface area contributed by atoms with Crippen molar-refractivity contribution in [1.82, 2.24) is 0 Å². The minimum Gasteiger partial charge on any atom is -0.481 e. The molecule has 0 aromatic heterocycles. The number of hydrogen-bond donors (Lipinski definition) is 1. The van der Waals surface area contributed by atoms with E-state index in [-0.39, 0.29) is 5.92 Å². The summed E-state index contributed by atoms with van der Waals surface area (Å²) in [5, 5.41) is 9.63. The van der Waals surface area contributed by atoms with Crippen molar-refractivity contribution in [1.29, 1.82) is 0 Å². The molecule has 0 radical (unpaired) electrons. The second kappa shape index (κ2) is 4.23. The van der Waals surface area contributed by atoms with Crippen LogP contribution in [-0.2, 0) is 11.2 Å². The van der Waals surface area contributed by atoms with Gasteiger partial charge in [0.1, 0.15) is 0 Å². The largest absolute Gasteiger partial charge is 0.481 e. The molecule has 0 saturated heterocycles. The Morgan fingerprint density at radius 2 is 2.00 bits per heavy atom. The Labute approximate surface area is 93.9 Å². The summed E-state index contributed by atoms with van der Waals surface area (Å²) in [6.45, 7) is 0. The van der Waals surface area contributed by atoms with Crippen LogP contribution in [0.25, 0.3) is 0 Å². The van der Waals surface area contributed by atoms with Crippen molar-refractivity contribution in [2.24, 2.45) is 11.8 Å².